The minimum Gasteiger partial charge on any atom is -0.403 e. The van der Waals surface area contributed by atoms with Crippen molar-refractivity contribution >= 4 is 53.1 Å². The number of aryl methyl sites for hydroxylation is 2. The molecule has 0 bridgehead atoms. The van der Waals surface area contributed by atoms with Crippen LogP contribution >= 0.6 is 23.2 Å². The van der Waals surface area contributed by atoms with Crippen LogP contribution in [0.2, 0.25) is 18.1 Å². The summed E-state index contributed by atoms with van der Waals surface area (Å²) in [6.45, 7) is 11.3. The molecule has 4 aromatic rings. The van der Waals surface area contributed by atoms with Crippen molar-refractivity contribution in [3.05, 3.63) is 96.1 Å². The summed E-state index contributed by atoms with van der Waals surface area (Å²) in [6.07, 6.45) is 13.4. The fraction of sp³-hybridized carbons (Fsp3) is 0.351. The number of fused-ring (bicyclic) bond motifs is 2. The van der Waals surface area contributed by atoms with Crippen molar-refractivity contribution < 1.29 is 9.53 Å². The van der Waals surface area contributed by atoms with E-state index in [1.807, 2.05) is 12.1 Å². The molecule has 4 aromatic carbocycles. The molecule has 0 aromatic heterocycles. The Morgan fingerprint density at radius 3 is 1.57 bits per heavy atom. The Balaban J connectivity index is 0.000000282. The number of hydrogen-bond acceptors (Lipinski definition) is 2. The lowest BCUT2D eigenvalue weighted by Crippen LogP contribution is -2.43. The number of rotatable bonds is 8. The summed E-state index contributed by atoms with van der Waals surface area (Å²) in [7, 11) is -1.81. The van der Waals surface area contributed by atoms with Crippen molar-refractivity contribution in [1.82, 2.24) is 0 Å². The van der Waals surface area contributed by atoms with E-state index < -0.39 is 14.4 Å². The van der Waals surface area contributed by atoms with E-state index in [4.69, 9.17) is 40.5 Å². The van der Waals surface area contributed by atoms with Gasteiger partial charge in [-0.3, -0.25) is 0 Å². The molecule has 42 heavy (non-hydrogen) atoms. The largest absolute Gasteiger partial charge is 0.403 e. The summed E-state index contributed by atoms with van der Waals surface area (Å²) in [6, 6.07) is 29.7. The third-order valence-corrected chi connectivity index (χ3v) is 12.1. The first-order valence-corrected chi connectivity index (χ1v) is 18.3. The predicted molar refractivity (Wildman–Crippen MR) is 187 cm³/mol. The second-order valence-corrected chi connectivity index (χ2v) is 17.3. The zero-order valence-electron chi connectivity index (χ0n) is 25.5. The Morgan fingerprint density at radius 1 is 0.738 bits per heavy atom. The second-order valence-electron chi connectivity index (χ2n) is 11.8. The standard InChI is InChI=1S/C21H28OSi.C15H14O.CH2Cl2/c1-7-20(22-23(5,6)21(2,3)4)15-13-17-12-14-18-10-8-9-11-19(18)16-17;1-2-15(16)10-8-12-7-9-13-5-3-4-6-14(13)11-12;2-1-3/h1,8-12,14,16,20H,13,15H2,2-6H3;1,3-7,9,11,15-16H,8,10H2;1H2. The molecule has 0 aliphatic heterocycles. The van der Waals surface area contributed by atoms with Gasteiger partial charge in [-0.1, -0.05) is 118 Å². The summed E-state index contributed by atoms with van der Waals surface area (Å²) in [5.41, 5.74) is 2.54. The highest BCUT2D eigenvalue weighted by molar-refractivity contribution is 6.74. The fourth-order valence-corrected chi connectivity index (χ4v) is 5.43. The first-order chi connectivity index (χ1) is 19.9. The van der Waals surface area contributed by atoms with E-state index in [1.54, 1.807) is 0 Å². The summed E-state index contributed by atoms with van der Waals surface area (Å²) >= 11 is 9.53. The van der Waals surface area contributed by atoms with Crippen molar-refractivity contribution in [1.29, 1.82) is 0 Å². The van der Waals surface area contributed by atoms with Gasteiger partial charge < -0.3 is 9.53 Å². The first-order valence-electron chi connectivity index (χ1n) is 14.3. The van der Waals surface area contributed by atoms with Crippen LogP contribution in [-0.4, -0.2) is 31.0 Å². The molecule has 0 aliphatic rings. The summed E-state index contributed by atoms with van der Waals surface area (Å²) in [5, 5.41) is 14.7. The molecule has 1 N–H and O–H groups in total. The van der Waals surface area contributed by atoms with Crippen LogP contribution in [0.25, 0.3) is 21.5 Å². The van der Waals surface area contributed by atoms with Gasteiger partial charge in [0.1, 0.15) is 12.2 Å². The zero-order chi connectivity index (χ0) is 31.2. The van der Waals surface area contributed by atoms with Gasteiger partial charge in [-0.25, -0.2) is 0 Å². The van der Waals surface area contributed by atoms with E-state index in [9.17, 15) is 5.11 Å². The van der Waals surface area contributed by atoms with E-state index >= 15 is 0 Å². The summed E-state index contributed by atoms with van der Waals surface area (Å²) in [5.74, 6) is 5.18. The highest BCUT2D eigenvalue weighted by Crippen LogP contribution is 2.37. The SMILES string of the molecule is C#CC(CCc1ccc2ccccc2c1)O[Si](C)(C)C(C)(C)C.C#CC(O)CCc1ccc2ccccc2c1.ClCCl. The van der Waals surface area contributed by atoms with Gasteiger partial charge in [0, 0.05) is 0 Å². The number of halogens is 2. The van der Waals surface area contributed by atoms with Crippen molar-refractivity contribution in [3.8, 4) is 24.7 Å². The van der Waals surface area contributed by atoms with E-state index in [1.165, 1.54) is 32.7 Å². The summed E-state index contributed by atoms with van der Waals surface area (Å²) < 4.78 is 6.36. The Morgan fingerprint density at radius 2 is 1.17 bits per heavy atom. The third kappa shape index (κ3) is 11.5. The molecule has 0 fully saturated rings. The number of terminal acetylenes is 2. The average Bonchev–Trinajstić information content (AvgIpc) is 2.98. The molecular weight excluding hydrogens is 575 g/mol. The zero-order valence-corrected chi connectivity index (χ0v) is 28.1. The lowest BCUT2D eigenvalue weighted by Gasteiger charge is -2.38. The molecule has 5 heteroatoms. The van der Waals surface area contributed by atoms with Gasteiger partial charge in [0.15, 0.2) is 8.32 Å². The average molecular weight is 620 g/mol. The maximum absolute atomic E-state index is 9.30. The van der Waals surface area contributed by atoms with Crippen LogP contribution in [0.1, 0.15) is 44.7 Å². The highest BCUT2D eigenvalue weighted by atomic mass is 35.5. The minimum atomic E-state index is -1.81. The number of aliphatic hydroxyl groups excluding tert-OH is 1. The Hall–Kier alpha value is -2.76. The monoisotopic (exact) mass is 618 g/mol. The third-order valence-electron chi connectivity index (χ3n) is 7.65. The maximum atomic E-state index is 9.30. The van der Waals surface area contributed by atoms with E-state index in [2.05, 4.69) is 119 Å². The number of alkyl halides is 2. The lowest BCUT2D eigenvalue weighted by atomic mass is 10.0. The van der Waals surface area contributed by atoms with Gasteiger partial charge in [0.05, 0.1) is 5.34 Å². The Labute approximate surface area is 264 Å². The molecule has 222 valence electrons. The van der Waals surface area contributed by atoms with Crippen molar-refractivity contribution in [2.45, 2.75) is 76.8 Å². The normalized spacial score (nSPS) is 12.6. The van der Waals surface area contributed by atoms with Crippen LogP contribution in [-0.2, 0) is 17.3 Å². The molecule has 4 rings (SSSR count). The van der Waals surface area contributed by atoms with Crippen molar-refractivity contribution in [2.24, 2.45) is 0 Å². The molecule has 0 saturated carbocycles. The van der Waals surface area contributed by atoms with Gasteiger partial charge in [-0.2, -0.15) is 0 Å². The second kappa shape index (κ2) is 17.4. The van der Waals surface area contributed by atoms with Crippen LogP contribution in [0.15, 0.2) is 84.9 Å². The van der Waals surface area contributed by atoms with Gasteiger partial charge >= 0.3 is 0 Å². The van der Waals surface area contributed by atoms with Gasteiger partial charge in [0.2, 0.25) is 0 Å². The molecule has 0 aliphatic carbocycles. The molecule has 0 spiro atoms. The van der Waals surface area contributed by atoms with E-state index in [0.29, 0.717) is 6.42 Å². The van der Waals surface area contributed by atoms with Crippen LogP contribution in [0.5, 0.6) is 0 Å². The minimum absolute atomic E-state index is 0.0950. The Kier molecular flexibility index (Phi) is 14.7. The molecule has 0 heterocycles. The molecule has 2 nitrogen and oxygen atoms in total. The molecule has 0 saturated heterocycles. The molecular formula is C37H44Cl2O2Si. The first kappa shape index (κ1) is 35.4. The van der Waals surface area contributed by atoms with Gasteiger partial charge in [-0.15, -0.1) is 36.0 Å². The molecule has 0 amide bonds. The van der Waals surface area contributed by atoms with E-state index in [-0.39, 0.29) is 16.5 Å². The smallest absolute Gasteiger partial charge is 0.193 e. The fourth-order valence-electron chi connectivity index (χ4n) is 4.18. The molecule has 2 unspecified atom stereocenters. The van der Waals surface area contributed by atoms with Crippen LogP contribution in [0, 0.1) is 24.7 Å². The number of aliphatic hydroxyl groups is 1. The van der Waals surface area contributed by atoms with Gasteiger partial charge in [-0.05, 0) is 76.5 Å². The topological polar surface area (TPSA) is 29.5 Å². The van der Waals surface area contributed by atoms with Crippen molar-refractivity contribution in [3.63, 3.8) is 0 Å². The summed E-state index contributed by atoms with van der Waals surface area (Å²) in [4.78, 5) is 0. The number of benzene rings is 4. The highest BCUT2D eigenvalue weighted by Gasteiger charge is 2.38. The molecule has 0 radical (unpaired) electrons. The van der Waals surface area contributed by atoms with Crippen LogP contribution < -0.4 is 0 Å². The van der Waals surface area contributed by atoms with Gasteiger partial charge in [0.25, 0.3) is 0 Å². The van der Waals surface area contributed by atoms with Crippen molar-refractivity contribution in [2.75, 3.05) is 5.34 Å². The maximum Gasteiger partial charge on any atom is 0.193 e. The Bertz CT molecular complexity index is 1480. The quantitative estimate of drug-likeness (QED) is 0.121. The molecule has 2 atom stereocenters. The predicted octanol–water partition coefficient (Wildman–Crippen LogP) is 9.98. The van der Waals surface area contributed by atoms with E-state index in [0.717, 1.165) is 19.3 Å². The van der Waals surface area contributed by atoms with Crippen LogP contribution in [0.4, 0.5) is 0 Å². The number of hydrogen-bond donors (Lipinski definition) is 1. The lowest BCUT2D eigenvalue weighted by molar-refractivity contribution is 0.222. The van der Waals surface area contributed by atoms with Crippen LogP contribution in [0.3, 0.4) is 0 Å².